The highest BCUT2D eigenvalue weighted by atomic mass is 36.0. The fourth-order valence-electron chi connectivity index (χ4n) is 4.63. The number of nitrogens with one attached hydrogen (secondary N) is 1. The van der Waals surface area contributed by atoms with Crippen LogP contribution in [0.5, 0.6) is 0 Å². The van der Waals surface area contributed by atoms with Crippen LogP contribution < -0.4 is 5.56 Å². The van der Waals surface area contributed by atoms with Crippen molar-refractivity contribution in [2.24, 2.45) is 0 Å². The minimum Gasteiger partial charge on any atom is -0.305 e. The predicted molar refractivity (Wildman–Crippen MR) is 178 cm³/mol. The highest BCUT2D eigenvalue weighted by molar-refractivity contribution is 8.24. The first kappa shape index (κ1) is 28.3. The van der Waals surface area contributed by atoms with Crippen molar-refractivity contribution in [2.45, 2.75) is 0 Å². The lowest BCUT2D eigenvalue weighted by molar-refractivity contribution is 0.600. The number of nitrogens with zero attached hydrogens (tertiary/aromatic N) is 3. The van der Waals surface area contributed by atoms with Crippen molar-refractivity contribution in [1.82, 2.24) is 19.9 Å². The molecule has 0 saturated heterocycles. The SMILES string of the molecule is Clc1nc2ncccc2c2c1sc1ccccc12.O=P(Cl)(Cl)Cl.O=c1[nH]c2ncccc2c2c1sc1ccccc12. The van der Waals surface area contributed by atoms with E-state index >= 15 is 0 Å². The molecule has 41 heavy (non-hydrogen) atoms. The van der Waals surface area contributed by atoms with Gasteiger partial charge in [0.15, 0.2) is 5.65 Å². The van der Waals surface area contributed by atoms with Gasteiger partial charge in [-0.25, -0.2) is 15.0 Å². The van der Waals surface area contributed by atoms with Crippen LogP contribution in [0.1, 0.15) is 0 Å². The molecule has 0 aliphatic heterocycles. The zero-order valence-electron chi connectivity index (χ0n) is 20.5. The summed E-state index contributed by atoms with van der Waals surface area (Å²) in [6.07, 6.45) is 3.44. The van der Waals surface area contributed by atoms with Crippen molar-refractivity contribution in [3.05, 3.63) is 101 Å². The number of aromatic nitrogens is 4. The summed E-state index contributed by atoms with van der Waals surface area (Å²) >= 11 is 23.3. The smallest absolute Gasteiger partial charge is 0.305 e. The Labute approximate surface area is 259 Å². The topological polar surface area (TPSA) is 88.6 Å². The maximum absolute atomic E-state index is 12.1. The number of rotatable bonds is 0. The van der Waals surface area contributed by atoms with Crippen LogP contribution in [0.3, 0.4) is 0 Å². The molecule has 8 aromatic rings. The average Bonchev–Trinajstić information content (AvgIpc) is 3.53. The van der Waals surface area contributed by atoms with Gasteiger partial charge in [-0.15, -0.1) is 22.7 Å². The fraction of sp³-hybridized carbons (Fsp3) is 0. The van der Waals surface area contributed by atoms with E-state index < -0.39 is 5.20 Å². The van der Waals surface area contributed by atoms with Gasteiger partial charge in [-0.1, -0.05) is 48.0 Å². The van der Waals surface area contributed by atoms with Crippen LogP contribution in [-0.2, 0) is 4.57 Å². The molecule has 6 nitrogen and oxygen atoms in total. The van der Waals surface area contributed by atoms with E-state index in [2.05, 4.69) is 71.9 Å². The molecule has 0 fully saturated rings. The molecule has 0 aliphatic carbocycles. The van der Waals surface area contributed by atoms with Crippen molar-refractivity contribution in [2.75, 3.05) is 0 Å². The molecule has 0 bridgehead atoms. The molecule has 0 saturated carbocycles. The Kier molecular flexibility index (Phi) is 7.92. The number of thiophene rings is 2. The summed E-state index contributed by atoms with van der Waals surface area (Å²) in [5.41, 5.74) is 1.30. The molecule has 0 atom stereocenters. The Bertz CT molecular complexity index is 2340. The number of benzene rings is 2. The number of hydrogen-bond donors (Lipinski definition) is 1. The number of halogens is 4. The Morgan fingerprint density at radius 2 is 1.20 bits per heavy atom. The summed E-state index contributed by atoms with van der Waals surface area (Å²) in [6.45, 7) is 0. The Morgan fingerprint density at radius 1 is 0.683 bits per heavy atom. The lowest BCUT2D eigenvalue weighted by Crippen LogP contribution is -2.04. The van der Waals surface area contributed by atoms with Crippen LogP contribution in [0.4, 0.5) is 0 Å². The largest absolute Gasteiger partial charge is 0.339 e. The Hall–Kier alpha value is -2.81. The average molecular weight is 676 g/mol. The normalized spacial score (nSPS) is 11.6. The molecule has 0 amide bonds. The van der Waals surface area contributed by atoms with Crippen LogP contribution in [0.2, 0.25) is 5.15 Å². The van der Waals surface area contributed by atoms with Gasteiger partial charge in [0.1, 0.15) is 15.5 Å². The molecular weight excluding hydrogens is 661 g/mol. The van der Waals surface area contributed by atoms with E-state index in [0.29, 0.717) is 16.4 Å². The van der Waals surface area contributed by atoms with E-state index in [1.807, 2.05) is 54.6 Å². The van der Waals surface area contributed by atoms with Gasteiger partial charge in [-0.05, 0) is 70.1 Å². The first-order chi connectivity index (χ1) is 19.7. The quantitative estimate of drug-likeness (QED) is 0.128. The minimum absolute atomic E-state index is 0.0580. The zero-order chi connectivity index (χ0) is 28.7. The molecule has 2 aromatic carbocycles. The van der Waals surface area contributed by atoms with Crippen molar-refractivity contribution in [3.63, 3.8) is 0 Å². The van der Waals surface area contributed by atoms with E-state index in [-0.39, 0.29) is 5.56 Å². The fourth-order valence-corrected chi connectivity index (χ4v) is 7.13. The van der Waals surface area contributed by atoms with Gasteiger partial charge in [-0.3, -0.25) is 9.36 Å². The van der Waals surface area contributed by atoms with Gasteiger partial charge in [0, 0.05) is 54.1 Å². The molecule has 0 unspecified atom stereocenters. The molecule has 6 aromatic heterocycles. The third kappa shape index (κ3) is 5.79. The van der Waals surface area contributed by atoms with Gasteiger partial charge in [-0.2, -0.15) is 0 Å². The van der Waals surface area contributed by atoms with Crippen molar-refractivity contribution in [3.8, 4) is 0 Å². The lowest BCUT2D eigenvalue weighted by atomic mass is 10.1. The molecule has 0 radical (unpaired) electrons. The van der Waals surface area contributed by atoms with Gasteiger partial charge < -0.3 is 4.98 Å². The third-order valence-corrected chi connectivity index (χ3v) is 8.89. The number of fused-ring (bicyclic) bond motifs is 10. The van der Waals surface area contributed by atoms with E-state index in [9.17, 15) is 9.36 Å². The number of hydrogen-bond acceptors (Lipinski definition) is 7. The summed E-state index contributed by atoms with van der Waals surface area (Å²) in [7, 11) is 0. The summed E-state index contributed by atoms with van der Waals surface area (Å²) in [5, 5.41) is 3.92. The van der Waals surface area contributed by atoms with Gasteiger partial charge in [0.2, 0.25) is 0 Å². The molecule has 0 aliphatic rings. The summed E-state index contributed by atoms with van der Waals surface area (Å²) in [5.74, 6) is 0. The first-order valence-corrected chi connectivity index (χ1v) is 18.3. The number of pyridine rings is 4. The van der Waals surface area contributed by atoms with Crippen LogP contribution >= 0.6 is 73.2 Å². The first-order valence-electron chi connectivity index (χ1n) is 11.9. The zero-order valence-corrected chi connectivity index (χ0v) is 26.1. The van der Waals surface area contributed by atoms with E-state index in [4.69, 9.17) is 11.6 Å². The van der Waals surface area contributed by atoms with Gasteiger partial charge in [0.05, 0.1) is 4.70 Å². The van der Waals surface area contributed by atoms with Crippen LogP contribution in [0.25, 0.3) is 62.4 Å². The summed E-state index contributed by atoms with van der Waals surface area (Å²) in [6, 6.07) is 24.3. The third-order valence-electron chi connectivity index (χ3n) is 6.15. The summed E-state index contributed by atoms with van der Waals surface area (Å²) in [4.78, 5) is 27.8. The molecule has 204 valence electrons. The second-order valence-electron chi connectivity index (χ2n) is 8.63. The molecule has 0 spiro atoms. The van der Waals surface area contributed by atoms with Crippen LogP contribution in [-0.4, -0.2) is 19.9 Å². The predicted octanol–water partition coefficient (Wildman–Crippen LogP) is 10.8. The Balaban J connectivity index is 0.000000127. The molecule has 13 heteroatoms. The molecule has 8 rings (SSSR count). The van der Waals surface area contributed by atoms with E-state index in [1.165, 1.54) is 26.8 Å². The highest BCUT2D eigenvalue weighted by Gasteiger charge is 2.14. The Morgan fingerprint density at radius 3 is 1.85 bits per heavy atom. The van der Waals surface area contributed by atoms with Crippen LogP contribution in [0.15, 0.2) is 90.0 Å². The summed E-state index contributed by atoms with van der Waals surface area (Å²) < 4.78 is 13.7. The van der Waals surface area contributed by atoms with Crippen LogP contribution in [0, 0.1) is 0 Å². The van der Waals surface area contributed by atoms with Crippen molar-refractivity contribution in [1.29, 1.82) is 0 Å². The van der Waals surface area contributed by atoms with Gasteiger partial charge >= 0.3 is 5.20 Å². The second kappa shape index (κ2) is 11.5. The van der Waals surface area contributed by atoms with Gasteiger partial charge in [0.25, 0.3) is 5.56 Å². The van der Waals surface area contributed by atoms with Crippen molar-refractivity contribution >= 4 is 136 Å². The standard InChI is InChI=1S/C14H7ClN2S.C14H8N2OS.Cl3OP/c15-13-12-11(8-4-1-2-6-10(8)18-12)9-5-3-7-16-14(9)17-13;17-14-12-11(8-4-1-2-6-10(8)18-12)9-5-3-7-15-13(9)16-14;1-5(2,3)4/h1-7H;1-7H,(H,15,16,17);. The van der Waals surface area contributed by atoms with E-state index in [1.54, 1.807) is 23.7 Å². The molecular formula is C28H15Cl4N4O2PS2. The number of H-pyrrole nitrogens is 1. The maximum Gasteiger partial charge on any atom is 0.339 e. The minimum atomic E-state index is -3.22. The van der Waals surface area contributed by atoms with E-state index in [0.717, 1.165) is 35.6 Å². The van der Waals surface area contributed by atoms with Crippen molar-refractivity contribution < 1.29 is 4.57 Å². The molecule has 1 N–H and O–H groups in total. The second-order valence-corrected chi connectivity index (χ2v) is 17.7. The highest BCUT2D eigenvalue weighted by Crippen LogP contribution is 2.61. The maximum atomic E-state index is 12.1. The number of aromatic amines is 1. The lowest BCUT2D eigenvalue weighted by Gasteiger charge is -2.00. The monoisotopic (exact) mass is 674 g/mol. The molecule has 6 heterocycles.